The van der Waals surface area contributed by atoms with Gasteiger partial charge in [-0.25, -0.2) is 4.98 Å². The van der Waals surface area contributed by atoms with Crippen LogP contribution in [0.15, 0.2) is 35.8 Å². The summed E-state index contributed by atoms with van der Waals surface area (Å²) in [5.41, 5.74) is -0.234. The number of aromatic nitrogens is 1. The smallest absolute Gasteiger partial charge is 0.165 e. The number of methoxy groups -OCH3 is 1. The van der Waals surface area contributed by atoms with Gasteiger partial charge in [-0.2, -0.15) is 0 Å². The highest BCUT2D eigenvalue weighted by Crippen LogP contribution is 2.28. The Bertz CT molecular complexity index is 508. The molecule has 0 radical (unpaired) electrons. The zero-order valence-corrected chi connectivity index (χ0v) is 12.0. The van der Waals surface area contributed by atoms with Gasteiger partial charge in [-0.1, -0.05) is 12.1 Å². The van der Waals surface area contributed by atoms with Crippen LogP contribution in [0, 0.1) is 0 Å². The molecule has 0 bridgehead atoms. The molecule has 0 aliphatic carbocycles. The summed E-state index contributed by atoms with van der Waals surface area (Å²) in [4.78, 5) is 4.12. The van der Waals surface area contributed by atoms with E-state index in [-0.39, 0.29) is 19.8 Å². The first-order valence-electron chi connectivity index (χ1n) is 6.12. The molecular formula is C14H17NO4S. The van der Waals surface area contributed by atoms with E-state index >= 15 is 0 Å². The van der Waals surface area contributed by atoms with Gasteiger partial charge >= 0.3 is 0 Å². The van der Waals surface area contributed by atoms with E-state index in [1.807, 2.05) is 24.3 Å². The quantitative estimate of drug-likeness (QED) is 0.811. The second-order valence-corrected chi connectivity index (χ2v) is 5.18. The maximum Gasteiger partial charge on any atom is 0.165 e. The lowest BCUT2D eigenvalue weighted by atomic mass is 10.1. The van der Waals surface area contributed by atoms with Gasteiger partial charge in [0.1, 0.15) is 10.8 Å². The summed E-state index contributed by atoms with van der Waals surface area (Å²) in [5.74, 6) is 0.768. The molecule has 0 atom stereocenters. The molecule has 1 heterocycles. The average Bonchev–Trinajstić information content (AvgIpc) is 3.04. The Labute approximate surface area is 121 Å². The fourth-order valence-electron chi connectivity index (χ4n) is 1.73. The van der Waals surface area contributed by atoms with Crippen LogP contribution in [0.25, 0.3) is 0 Å². The molecule has 2 N–H and O–H groups in total. The predicted octanol–water partition coefficient (Wildman–Crippen LogP) is 1.55. The molecule has 0 spiro atoms. The van der Waals surface area contributed by atoms with Crippen molar-refractivity contribution in [3.63, 3.8) is 0 Å². The molecule has 2 rings (SSSR count). The summed E-state index contributed by atoms with van der Waals surface area (Å²) in [5, 5.41) is 21.5. The minimum absolute atomic E-state index is 0.269. The molecule has 0 saturated carbocycles. The molecule has 2 aromatic rings. The normalized spacial score (nSPS) is 11.6. The Morgan fingerprint density at radius 2 is 1.90 bits per heavy atom. The lowest BCUT2D eigenvalue weighted by Gasteiger charge is -2.27. The van der Waals surface area contributed by atoms with Crippen molar-refractivity contribution in [3.05, 3.63) is 46.4 Å². The molecule has 20 heavy (non-hydrogen) atoms. The van der Waals surface area contributed by atoms with E-state index in [1.54, 1.807) is 18.7 Å². The first kappa shape index (κ1) is 14.9. The number of aliphatic hydroxyl groups excluding tert-OH is 2. The zero-order chi connectivity index (χ0) is 14.4. The molecule has 0 amide bonds. The number of rotatable bonds is 7. The molecule has 108 valence electrons. The summed E-state index contributed by atoms with van der Waals surface area (Å²) >= 11 is 1.34. The molecule has 1 aromatic heterocycles. The first-order chi connectivity index (χ1) is 9.74. The van der Waals surface area contributed by atoms with Gasteiger partial charge in [-0.3, -0.25) is 0 Å². The van der Waals surface area contributed by atoms with Gasteiger partial charge in [0.2, 0.25) is 0 Å². The Hall–Kier alpha value is -1.47. The fraction of sp³-hybridized carbons (Fsp3) is 0.357. The van der Waals surface area contributed by atoms with Crippen LogP contribution in [0.5, 0.6) is 5.75 Å². The van der Waals surface area contributed by atoms with E-state index in [1.165, 1.54) is 11.3 Å². The molecule has 0 aliphatic heterocycles. The number of hydrogen-bond acceptors (Lipinski definition) is 6. The van der Waals surface area contributed by atoms with Crippen LogP contribution in [0.2, 0.25) is 0 Å². The summed E-state index contributed by atoms with van der Waals surface area (Å²) in [6, 6.07) is 7.42. The zero-order valence-electron chi connectivity index (χ0n) is 11.2. The molecule has 0 unspecified atom stereocenters. The molecule has 6 heteroatoms. The van der Waals surface area contributed by atoms with Crippen LogP contribution >= 0.6 is 11.3 Å². The number of benzene rings is 1. The lowest BCUT2D eigenvalue weighted by molar-refractivity contribution is -0.123. The average molecular weight is 295 g/mol. The van der Waals surface area contributed by atoms with Crippen molar-refractivity contribution in [2.45, 2.75) is 12.2 Å². The van der Waals surface area contributed by atoms with Gasteiger partial charge in [0.15, 0.2) is 5.60 Å². The maximum atomic E-state index is 9.57. The monoisotopic (exact) mass is 295 g/mol. The number of hydrogen-bond donors (Lipinski definition) is 2. The summed E-state index contributed by atoms with van der Waals surface area (Å²) in [7, 11) is 1.61. The van der Waals surface area contributed by atoms with Crippen LogP contribution in [0.4, 0.5) is 0 Å². The molecule has 0 aliphatic rings. The Kier molecular flexibility index (Phi) is 5.08. The van der Waals surface area contributed by atoms with Crippen molar-refractivity contribution < 1.29 is 19.7 Å². The van der Waals surface area contributed by atoms with Crippen LogP contribution in [-0.2, 0) is 16.9 Å². The molecule has 1 aromatic carbocycles. The van der Waals surface area contributed by atoms with Gasteiger partial charge in [0.05, 0.1) is 26.9 Å². The molecule has 0 saturated heterocycles. The van der Waals surface area contributed by atoms with Gasteiger partial charge in [-0.05, 0) is 17.7 Å². The van der Waals surface area contributed by atoms with Crippen molar-refractivity contribution in [1.82, 2.24) is 4.98 Å². The van der Waals surface area contributed by atoms with Gasteiger partial charge < -0.3 is 19.7 Å². The molecular weight excluding hydrogens is 278 g/mol. The number of nitrogens with zero attached hydrogens (tertiary/aromatic N) is 1. The SMILES string of the molecule is COc1ccc(COC(CO)(CO)c2nccs2)cc1. The second kappa shape index (κ2) is 6.81. The van der Waals surface area contributed by atoms with E-state index < -0.39 is 5.60 Å². The van der Waals surface area contributed by atoms with E-state index in [9.17, 15) is 10.2 Å². The third kappa shape index (κ3) is 3.16. The summed E-state index contributed by atoms with van der Waals surface area (Å²) < 4.78 is 10.8. The number of ether oxygens (including phenoxy) is 2. The summed E-state index contributed by atoms with van der Waals surface area (Å²) in [6.45, 7) is -0.384. The predicted molar refractivity (Wildman–Crippen MR) is 75.7 cm³/mol. The van der Waals surface area contributed by atoms with E-state index in [0.717, 1.165) is 11.3 Å². The molecule has 0 fully saturated rings. The van der Waals surface area contributed by atoms with Crippen LogP contribution in [-0.4, -0.2) is 35.5 Å². The fourth-order valence-corrected chi connectivity index (χ4v) is 2.51. The van der Waals surface area contributed by atoms with Gasteiger partial charge in [0, 0.05) is 11.6 Å². The first-order valence-corrected chi connectivity index (χ1v) is 7.00. The van der Waals surface area contributed by atoms with Crippen molar-refractivity contribution in [3.8, 4) is 5.75 Å². The number of thiazole rings is 1. The third-order valence-corrected chi connectivity index (χ3v) is 3.97. The summed E-state index contributed by atoms with van der Waals surface area (Å²) in [6.07, 6.45) is 1.62. The minimum atomic E-state index is -1.16. The minimum Gasteiger partial charge on any atom is -0.497 e. The van der Waals surface area contributed by atoms with Gasteiger partial charge in [-0.15, -0.1) is 11.3 Å². The Morgan fingerprint density at radius 3 is 2.40 bits per heavy atom. The third-order valence-electron chi connectivity index (χ3n) is 3.01. The second-order valence-electron chi connectivity index (χ2n) is 4.28. The standard InChI is InChI=1S/C14H17NO4S/c1-18-12-4-2-11(3-5-12)8-19-14(9-16,10-17)13-15-6-7-20-13/h2-7,16-17H,8-10H2,1H3. The van der Waals surface area contributed by atoms with Crippen LogP contribution < -0.4 is 4.74 Å². The van der Waals surface area contributed by atoms with E-state index in [4.69, 9.17) is 9.47 Å². The highest BCUT2D eigenvalue weighted by Gasteiger charge is 2.34. The highest BCUT2D eigenvalue weighted by atomic mass is 32.1. The Morgan fingerprint density at radius 1 is 1.20 bits per heavy atom. The van der Waals surface area contributed by atoms with Crippen molar-refractivity contribution >= 4 is 11.3 Å². The number of aliphatic hydroxyl groups is 2. The van der Waals surface area contributed by atoms with Crippen LogP contribution in [0.3, 0.4) is 0 Å². The highest BCUT2D eigenvalue weighted by molar-refractivity contribution is 7.09. The maximum absolute atomic E-state index is 9.57. The lowest BCUT2D eigenvalue weighted by Crippen LogP contribution is -2.37. The van der Waals surface area contributed by atoms with E-state index in [0.29, 0.717) is 5.01 Å². The van der Waals surface area contributed by atoms with E-state index in [2.05, 4.69) is 4.98 Å². The van der Waals surface area contributed by atoms with Gasteiger partial charge in [0.25, 0.3) is 0 Å². The Balaban J connectivity index is 2.09. The largest absolute Gasteiger partial charge is 0.497 e. The topological polar surface area (TPSA) is 71.8 Å². The van der Waals surface area contributed by atoms with Crippen LogP contribution in [0.1, 0.15) is 10.6 Å². The van der Waals surface area contributed by atoms with Crippen molar-refractivity contribution in [2.24, 2.45) is 0 Å². The molecule has 5 nitrogen and oxygen atoms in total. The van der Waals surface area contributed by atoms with Crippen molar-refractivity contribution in [2.75, 3.05) is 20.3 Å². The van der Waals surface area contributed by atoms with Crippen molar-refractivity contribution in [1.29, 1.82) is 0 Å².